The van der Waals surface area contributed by atoms with Crippen molar-refractivity contribution >= 4 is 0 Å². The van der Waals surface area contributed by atoms with E-state index in [9.17, 15) is 4.39 Å². The molecule has 0 saturated carbocycles. The summed E-state index contributed by atoms with van der Waals surface area (Å²) in [6, 6.07) is 3.58. The van der Waals surface area contributed by atoms with E-state index in [4.69, 9.17) is 4.74 Å². The van der Waals surface area contributed by atoms with Gasteiger partial charge in [-0.3, -0.25) is 0 Å². The maximum absolute atomic E-state index is 13.4. The number of hydrogen-bond donors (Lipinski definition) is 0. The highest BCUT2D eigenvalue weighted by atomic mass is 19.1. The molecule has 0 bridgehead atoms. The molecule has 2 rings (SSSR count). The molecular formula is C11H13FO. The van der Waals surface area contributed by atoms with Gasteiger partial charge in [0, 0.05) is 12.0 Å². The van der Waals surface area contributed by atoms with Crippen molar-refractivity contribution in [2.75, 3.05) is 6.61 Å². The maximum atomic E-state index is 13.4. The fourth-order valence-electron chi connectivity index (χ4n) is 1.60. The molecule has 1 nitrogen and oxygen atoms in total. The van der Waals surface area contributed by atoms with Crippen LogP contribution in [-0.2, 0) is 6.42 Å². The molecule has 13 heavy (non-hydrogen) atoms. The van der Waals surface area contributed by atoms with Crippen LogP contribution in [0.3, 0.4) is 0 Å². The van der Waals surface area contributed by atoms with Gasteiger partial charge in [0.15, 0.2) is 0 Å². The zero-order valence-electron chi connectivity index (χ0n) is 7.93. The number of halogens is 1. The molecular weight excluding hydrogens is 167 g/mol. The predicted molar refractivity (Wildman–Crippen MR) is 49.7 cm³/mol. The Balaban J connectivity index is 2.49. The van der Waals surface area contributed by atoms with Gasteiger partial charge in [-0.05, 0) is 23.6 Å². The first kappa shape index (κ1) is 8.54. The van der Waals surface area contributed by atoms with Gasteiger partial charge in [0.2, 0.25) is 0 Å². The van der Waals surface area contributed by atoms with E-state index in [1.54, 1.807) is 6.07 Å². The molecule has 0 saturated heterocycles. The summed E-state index contributed by atoms with van der Waals surface area (Å²) in [5.41, 5.74) is 1.75. The number of ether oxygens (including phenoxy) is 1. The normalized spacial score (nSPS) is 14.5. The van der Waals surface area contributed by atoms with Crippen LogP contribution in [0.2, 0.25) is 0 Å². The Hall–Kier alpha value is -1.05. The number of rotatable bonds is 1. The summed E-state index contributed by atoms with van der Waals surface area (Å²) < 4.78 is 18.8. The lowest BCUT2D eigenvalue weighted by Crippen LogP contribution is -1.92. The minimum atomic E-state index is -0.112. The van der Waals surface area contributed by atoms with Crippen LogP contribution in [0.25, 0.3) is 0 Å². The fourth-order valence-corrected chi connectivity index (χ4v) is 1.60. The smallest absolute Gasteiger partial charge is 0.130 e. The first-order chi connectivity index (χ1) is 6.18. The minimum Gasteiger partial charge on any atom is -0.493 e. The molecule has 0 aromatic heterocycles. The van der Waals surface area contributed by atoms with Gasteiger partial charge >= 0.3 is 0 Å². The van der Waals surface area contributed by atoms with Gasteiger partial charge in [-0.1, -0.05) is 13.8 Å². The van der Waals surface area contributed by atoms with E-state index in [0.717, 1.165) is 16.9 Å². The molecule has 0 radical (unpaired) electrons. The molecule has 0 N–H and O–H groups in total. The van der Waals surface area contributed by atoms with Gasteiger partial charge < -0.3 is 4.74 Å². The highest BCUT2D eigenvalue weighted by Crippen LogP contribution is 2.31. The van der Waals surface area contributed by atoms with E-state index in [2.05, 4.69) is 13.8 Å². The second-order valence-electron chi connectivity index (χ2n) is 3.73. The molecule has 1 heterocycles. The van der Waals surface area contributed by atoms with Gasteiger partial charge in [0.05, 0.1) is 6.61 Å². The van der Waals surface area contributed by atoms with Crippen molar-refractivity contribution in [3.8, 4) is 5.75 Å². The van der Waals surface area contributed by atoms with Crippen LogP contribution in [0.4, 0.5) is 4.39 Å². The zero-order chi connectivity index (χ0) is 9.42. The van der Waals surface area contributed by atoms with Crippen LogP contribution in [-0.4, -0.2) is 6.61 Å². The van der Waals surface area contributed by atoms with Crippen molar-refractivity contribution in [3.63, 3.8) is 0 Å². The Labute approximate surface area is 77.5 Å². The molecule has 0 atom stereocenters. The molecule has 1 aliphatic heterocycles. The van der Waals surface area contributed by atoms with Gasteiger partial charge in [0.1, 0.15) is 11.6 Å². The predicted octanol–water partition coefficient (Wildman–Crippen LogP) is 2.88. The molecule has 2 heteroatoms. The van der Waals surface area contributed by atoms with E-state index < -0.39 is 0 Å². The van der Waals surface area contributed by atoms with E-state index in [1.807, 2.05) is 6.07 Å². The standard InChI is InChI=1S/C11H13FO/c1-7(2)8-5-10(12)9-3-4-13-11(9)6-8/h5-7H,3-4H2,1-2H3. The Morgan fingerprint density at radius 3 is 2.85 bits per heavy atom. The summed E-state index contributed by atoms with van der Waals surface area (Å²) in [7, 11) is 0. The van der Waals surface area contributed by atoms with Crippen LogP contribution in [0.1, 0.15) is 30.9 Å². The van der Waals surface area contributed by atoms with Crippen molar-refractivity contribution in [2.24, 2.45) is 0 Å². The van der Waals surface area contributed by atoms with E-state index in [1.165, 1.54) is 0 Å². The van der Waals surface area contributed by atoms with Crippen LogP contribution in [0.5, 0.6) is 5.75 Å². The van der Waals surface area contributed by atoms with Crippen LogP contribution in [0.15, 0.2) is 12.1 Å². The number of hydrogen-bond acceptors (Lipinski definition) is 1. The van der Waals surface area contributed by atoms with Crippen LogP contribution < -0.4 is 4.74 Å². The third-order valence-electron chi connectivity index (χ3n) is 2.45. The van der Waals surface area contributed by atoms with Crippen molar-refractivity contribution in [2.45, 2.75) is 26.2 Å². The lowest BCUT2D eigenvalue weighted by atomic mass is 10.0. The first-order valence-corrected chi connectivity index (χ1v) is 4.63. The second kappa shape index (κ2) is 3.02. The molecule has 0 amide bonds. The molecule has 0 fully saturated rings. The molecule has 1 aliphatic rings. The fraction of sp³-hybridized carbons (Fsp3) is 0.455. The van der Waals surface area contributed by atoms with Gasteiger partial charge in [-0.25, -0.2) is 4.39 Å². The number of fused-ring (bicyclic) bond motifs is 1. The lowest BCUT2D eigenvalue weighted by molar-refractivity contribution is 0.356. The molecule has 70 valence electrons. The largest absolute Gasteiger partial charge is 0.493 e. The average molecular weight is 180 g/mol. The maximum Gasteiger partial charge on any atom is 0.130 e. The third-order valence-corrected chi connectivity index (χ3v) is 2.45. The van der Waals surface area contributed by atoms with Gasteiger partial charge in [-0.2, -0.15) is 0 Å². The molecule has 0 unspecified atom stereocenters. The minimum absolute atomic E-state index is 0.112. The molecule has 0 aliphatic carbocycles. The summed E-state index contributed by atoms with van der Waals surface area (Å²) in [6.45, 7) is 4.72. The van der Waals surface area contributed by atoms with Crippen molar-refractivity contribution in [1.82, 2.24) is 0 Å². The second-order valence-corrected chi connectivity index (χ2v) is 3.73. The Morgan fingerprint density at radius 2 is 2.15 bits per heavy atom. The lowest BCUT2D eigenvalue weighted by Gasteiger charge is -2.08. The average Bonchev–Trinajstić information content (AvgIpc) is 2.51. The van der Waals surface area contributed by atoms with Crippen molar-refractivity contribution in [1.29, 1.82) is 0 Å². The van der Waals surface area contributed by atoms with Gasteiger partial charge in [-0.15, -0.1) is 0 Å². The molecule has 1 aromatic rings. The highest BCUT2D eigenvalue weighted by molar-refractivity contribution is 5.42. The quantitative estimate of drug-likeness (QED) is 0.645. The SMILES string of the molecule is CC(C)c1cc(F)c2c(c1)OCC2. The van der Waals surface area contributed by atoms with E-state index >= 15 is 0 Å². The highest BCUT2D eigenvalue weighted by Gasteiger charge is 2.18. The zero-order valence-corrected chi connectivity index (χ0v) is 7.93. The summed E-state index contributed by atoms with van der Waals surface area (Å²) >= 11 is 0. The topological polar surface area (TPSA) is 9.23 Å². The van der Waals surface area contributed by atoms with Crippen molar-refractivity contribution < 1.29 is 9.13 Å². The Kier molecular flexibility index (Phi) is 1.98. The van der Waals surface area contributed by atoms with Crippen molar-refractivity contribution in [3.05, 3.63) is 29.1 Å². The monoisotopic (exact) mass is 180 g/mol. The Morgan fingerprint density at radius 1 is 1.38 bits per heavy atom. The van der Waals surface area contributed by atoms with Gasteiger partial charge in [0.25, 0.3) is 0 Å². The van der Waals surface area contributed by atoms with Crippen LogP contribution in [0, 0.1) is 5.82 Å². The first-order valence-electron chi connectivity index (χ1n) is 4.63. The van der Waals surface area contributed by atoms with Crippen LogP contribution >= 0.6 is 0 Å². The Bertz CT molecular complexity index is 331. The summed E-state index contributed by atoms with van der Waals surface area (Å²) in [5, 5.41) is 0. The van der Waals surface area contributed by atoms with E-state index in [-0.39, 0.29) is 5.82 Å². The molecule has 0 spiro atoms. The summed E-state index contributed by atoms with van der Waals surface area (Å²) in [4.78, 5) is 0. The van der Waals surface area contributed by atoms with E-state index in [0.29, 0.717) is 18.9 Å². The summed E-state index contributed by atoms with van der Waals surface area (Å²) in [5.74, 6) is 0.978. The summed E-state index contributed by atoms with van der Waals surface area (Å²) in [6.07, 6.45) is 0.708. The molecule has 1 aromatic carbocycles. The number of benzene rings is 1. The third kappa shape index (κ3) is 1.41.